The van der Waals surface area contributed by atoms with Crippen LogP contribution in [-0.4, -0.2) is 22.9 Å². The summed E-state index contributed by atoms with van der Waals surface area (Å²) in [5.41, 5.74) is 3.37. The van der Waals surface area contributed by atoms with E-state index < -0.39 is 0 Å². The Morgan fingerprint density at radius 2 is 2.10 bits per heavy atom. The minimum atomic E-state index is 0.189. The first-order chi connectivity index (χ1) is 9.65. The minimum Gasteiger partial charge on any atom is -0.361 e. The number of carbonyl (C=O) groups excluding carboxylic acids is 1. The molecule has 3 rings (SSSR count). The molecule has 2 heterocycles. The summed E-state index contributed by atoms with van der Waals surface area (Å²) in [6.45, 7) is 2.66. The molecule has 0 N–H and O–H groups in total. The van der Waals surface area contributed by atoms with E-state index in [4.69, 9.17) is 0 Å². The molecule has 1 aliphatic heterocycles. The number of hydrogen-bond donors (Lipinski definition) is 0. The molecule has 0 saturated heterocycles. The number of fused-ring (bicyclic) bond motifs is 1. The van der Waals surface area contributed by atoms with Crippen molar-refractivity contribution in [2.24, 2.45) is 7.05 Å². The number of carbonyl (C=O) groups is 1. The van der Waals surface area contributed by atoms with Crippen molar-refractivity contribution in [3.63, 3.8) is 0 Å². The normalized spacial score (nSPS) is 17.9. The number of hydrogen-bond acceptors (Lipinski definition) is 2. The number of ketones is 1. The Labute approximate surface area is 119 Å². The fourth-order valence-electron chi connectivity index (χ4n) is 2.92. The lowest BCUT2D eigenvalue weighted by molar-refractivity contribution is 0.0996. The van der Waals surface area contributed by atoms with Crippen LogP contribution in [-0.2, 0) is 13.5 Å². The fourth-order valence-corrected chi connectivity index (χ4v) is 2.92. The van der Waals surface area contributed by atoms with Crippen molar-refractivity contribution in [2.75, 3.05) is 11.4 Å². The average molecular weight is 268 g/mol. The van der Waals surface area contributed by atoms with Gasteiger partial charge >= 0.3 is 0 Å². The molecule has 1 aliphatic rings. The first-order valence-corrected chi connectivity index (χ1v) is 7.15. The molecule has 0 radical (unpaired) electrons. The van der Waals surface area contributed by atoms with Crippen LogP contribution in [0.25, 0.3) is 0 Å². The highest BCUT2D eigenvalue weighted by Crippen LogP contribution is 2.30. The smallest absolute Gasteiger partial charge is 0.183 e. The summed E-state index contributed by atoms with van der Waals surface area (Å²) < 4.78 is 1.92. The molecule has 0 spiro atoms. The Hall–Kier alpha value is -2.03. The van der Waals surface area contributed by atoms with Crippen molar-refractivity contribution < 1.29 is 4.79 Å². The van der Waals surface area contributed by atoms with Crippen LogP contribution < -0.4 is 4.90 Å². The summed E-state index contributed by atoms with van der Waals surface area (Å²) in [5.74, 6) is 0.189. The summed E-state index contributed by atoms with van der Waals surface area (Å²) in [4.78, 5) is 14.7. The highest BCUT2D eigenvalue weighted by atomic mass is 16.1. The summed E-state index contributed by atoms with van der Waals surface area (Å²) in [5, 5.41) is 0. The molecule has 104 valence electrons. The maximum Gasteiger partial charge on any atom is 0.183 e. The van der Waals surface area contributed by atoms with Gasteiger partial charge in [-0.1, -0.05) is 18.2 Å². The molecular weight excluding hydrogens is 248 g/mol. The van der Waals surface area contributed by atoms with E-state index >= 15 is 0 Å². The second-order valence-corrected chi connectivity index (χ2v) is 5.63. The van der Waals surface area contributed by atoms with Gasteiger partial charge in [-0.2, -0.15) is 0 Å². The number of aromatic nitrogens is 1. The Balaban J connectivity index is 1.85. The number of Topliss-reactive ketones (excluding diaryl/α,β-unsaturated/α-hetero) is 1. The van der Waals surface area contributed by atoms with Gasteiger partial charge in [-0.15, -0.1) is 0 Å². The molecule has 0 saturated carbocycles. The standard InChI is InChI=1S/C17H20N2O/c1-13-7-8-14-5-3-4-6-16(14)19(13)12-17(20)15-9-10-18(2)11-15/h3-6,9-11,13H,7-8,12H2,1-2H3. The lowest BCUT2D eigenvalue weighted by atomic mass is 9.96. The molecule has 1 aromatic carbocycles. The van der Waals surface area contributed by atoms with Crippen molar-refractivity contribution in [3.8, 4) is 0 Å². The molecule has 3 heteroatoms. The van der Waals surface area contributed by atoms with Crippen LogP contribution in [0.3, 0.4) is 0 Å². The first-order valence-electron chi connectivity index (χ1n) is 7.15. The molecule has 0 bridgehead atoms. The van der Waals surface area contributed by atoms with Gasteiger partial charge in [0.1, 0.15) is 0 Å². The molecule has 2 aromatic rings. The van der Waals surface area contributed by atoms with Gasteiger partial charge in [0.15, 0.2) is 5.78 Å². The van der Waals surface area contributed by atoms with Gasteiger partial charge in [0.05, 0.1) is 6.54 Å². The predicted octanol–water partition coefficient (Wildman–Crippen LogP) is 3.05. The van der Waals surface area contributed by atoms with Gasteiger partial charge < -0.3 is 9.47 Å². The van der Waals surface area contributed by atoms with E-state index in [1.807, 2.05) is 30.1 Å². The largest absolute Gasteiger partial charge is 0.361 e. The number of nitrogens with zero attached hydrogens (tertiary/aromatic N) is 2. The van der Waals surface area contributed by atoms with Gasteiger partial charge in [-0.3, -0.25) is 4.79 Å². The summed E-state index contributed by atoms with van der Waals surface area (Å²) >= 11 is 0. The quantitative estimate of drug-likeness (QED) is 0.799. The Morgan fingerprint density at radius 3 is 2.85 bits per heavy atom. The Bertz CT molecular complexity index is 629. The topological polar surface area (TPSA) is 25.2 Å². The van der Waals surface area contributed by atoms with Crippen LogP contribution in [0.1, 0.15) is 29.3 Å². The van der Waals surface area contributed by atoms with Gasteiger partial charge in [0.2, 0.25) is 0 Å². The van der Waals surface area contributed by atoms with Crippen molar-refractivity contribution >= 4 is 11.5 Å². The lowest BCUT2D eigenvalue weighted by Gasteiger charge is -2.36. The van der Waals surface area contributed by atoms with Crippen LogP contribution in [0.2, 0.25) is 0 Å². The van der Waals surface area contributed by atoms with Crippen molar-refractivity contribution in [1.82, 2.24) is 4.57 Å². The number of rotatable bonds is 3. The number of benzene rings is 1. The lowest BCUT2D eigenvalue weighted by Crippen LogP contribution is -2.40. The van der Waals surface area contributed by atoms with Gasteiger partial charge in [-0.25, -0.2) is 0 Å². The number of anilines is 1. The molecule has 1 atom stereocenters. The molecular formula is C17H20N2O. The molecule has 20 heavy (non-hydrogen) atoms. The van der Waals surface area contributed by atoms with E-state index in [2.05, 4.69) is 36.1 Å². The Kier molecular flexibility index (Phi) is 3.35. The van der Waals surface area contributed by atoms with E-state index in [9.17, 15) is 4.79 Å². The maximum atomic E-state index is 12.4. The highest BCUT2D eigenvalue weighted by Gasteiger charge is 2.24. The highest BCUT2D eigenvalue weighted by molar-refractivity contribution is 5.99. The molecule has 1 aromatic heterocycles. The van der Waals surface area contributed by atoms with Gasteiger partial charge in [0, 0.05) is 36.7 Å². The fraction of sp³-hybridized carbons (Fsp3) is 0.353. The predicted molar refractivity (Wildman–Crippen MR) is 81.3 cm³/mol. The van der Waals surface area contributed by atoms with Crippen molar-refractivity contribution in [1.29, 1.82) is 0 Å². The summed E-state index contributed by atoms with van der Waals surface area (Å²) in [6.07, 6.45) is 6.02. The zero-order valence-corrected chi connectivity index (χ0v) is 12.0. The van der Waals surface area contributed by atoms with Crippen LogP contribution in [0.5, 0.6) is 0 Å². The third-order valence-corrected chi connectivity index (χ3v) is 4.13. The van der Waals surface area contributed by atoms with Crippen LogP contribution in [0.4, 0.5) is 5.69 Å². The zero-order valence-electron chi connectivity index (χ0n) is 12.0. The summed E-state index contributed by atoms with van der Waals surface area (Å²) in [7, 11) is 1.94. The molecule has 1 unspecified atom stereocenters. The van der Waals surface area contributed by atoms with E-state index in [1.165, 1.54) is 11.3 Å². The monoisotopic (exact) mass is 268 g/mol. The van der Waals surface area contributed by atoms with E-state index in [1.54, 1.807) is 0 Å². The molecule has 0 amide bonds. The second kappa shape index (κ2) is 5.16. The van der Waals surface area contributed by atoms with E-state index in [-0.39, 0.29) is 5.78 Å². The maximum absolute atomic E-state index is 12.4. The summed E-state index contributed by atoms with van der Waals surface area (Å²) in [6, 6.07) is 10.7. The third kappa shape index (κ3) is 2.36. The van der Waals surface area contributed by atoms with Crippen LogP contribution >= 0.6 is 0 Å². The van der Waals surface area contributed by atoms with Gasteiger partial charge in [0.25, 0.3) is 0 Å². The van der Waals surface area contributed by atoms with E-state index in [0.717, 1.165) is 18.4 Å². The molecule has 0 aliphatic carbocycles. The van der Waals surface area contributed by atoms with Crippen molar-refractivity contribution in [2.45, 2.75) is 25.8 Å². The first kappa shape index (κ1) is 13.0. The van der Waals surface area contributed by atoms with Gasteiger partial charge in [-0.05, 0) is 37.5 Å². The minimum absolute atomic E-state index is 0.189. The zero-order chi connectivity index (χ0) is 14.1. The number of aryl methyl sites for hydroxylation is 2. The van der Waals surface area contributed by atoms with Crippen LogP contribution in [0, 0.1) is 0 Å². The second-order valence-electron chi connectivity index (χ2n) is 5.63. The average Bonchev–Trinajstić information content (AvgIpc) is 2.89. The third-order valence-electron chi connectivity index (χ3n) is 4.13. The van der Waals surface area contributed by atoms with Crippen LogP contribution in [0.15, 0.2) is 42.7 Å². The SMILES string of the molecule is CC1CCc2ccccc2N1CC(=O)c1ccn(C)c1. The van der Waals surface area contributed by atoms with Crippen molar-refractivity contribution in [3.05, 3.63) is 53.9 Å². The molecule has 0 fully saturated rings. The van der Waals surface area contributed by atoms with E-state index in [0.29, 0.717) is 12.6 Å². The molecule has 3 nitrogen and oxygen atoms in total. The Morgan fingerprint density at radius 1 is 1.30 bits per heavy atom. The number of para-hydroxylation sites is 1.